The summed E-state index contributed by atoms with van der Waals surface area (Å²) in [5, 5.41) is 13.7. The number of aliphatic hydroxyl groups is 1. The van der Waals surface area contributed by atoms with Crippen LogP contribution in [0.5, 0.6) is 11.5 Å². The molecular formula is C24H27N5O5. The van der Waals surface area contributed by atoms with E-state index in [2.05, 4.69) is 15.3 Å². The Balaban J connectivity index is 1.66. The van der Waals surface area contributed by atoms with Crippen LogP contribution in [0.3, 0.4) is 0 Å². The highest BCUT2D eigenvalue weighted by molar-refractivity contribution is 6.47. The topological polar surface area (TPSA) is 116 Å². The second kappa shape index (κ2) is 9.62. The number of hydrogen-bond donors (Lipinski definition) is 2. The average molecular weight is 466 g/mol. The number of carbonyl (C=O) groups excluding carboxylic acids is 2. The second-order valence-corrected chi connectivity index (χ2v) is 8.08. The normalized spacial score (nSPS) is 22.7. The minimum atomic E-state index is -0.988. The van der Waals surface area contributed by atoms with Crippen LogP contribution in [0.2, 0.25) is 0 Å². The van der Waals surface area contributed by atoms with Crippen LogP contribution < -0.4 is 14.8 Å². The summed E-state index contributed by atoms with van der Waals surface area (Å²) in [4.78, 5) is 36.0. The molecule has 2 aromatic rings. The highest BCUT2D eigenvalue weighted by Gasteiger charge is 2.39. The molecule has 3 unspecified atom stereocenters. The van der Waals surface area contributed by atoms with Crippen LogP contribution >= 0.6 is 0 Å². The smallest absolute Gasteiger partial charge is 0.329 e. The molecule has 0 aromatic heterocycles. The Morgan fingerprint density at radius 1 is 1.03 bits per heavy atom. The molecule has 4 rings (SSSR count). The van der Waals surface area contributed by atoms with Crippen molar-refractivity contribution in [2.24, 2.45) is 9.98 Å². The molecule has 2 aromatic carbocycles. The molecule has 2 aliphatic rings. The third-order valence-electron chi connectivity index (χ3n) is 6.04. The first-order valence-corrected chi connectivity index (χ1v) is 10.7. The molecule has 10 nitrogen and oxygen atoms in total. The van der Waals surface area contributed by atoms with E-state index >= 15 is 0 Å². The zero-order valence-electron chi connectivity index (χ0n) is 19.4. The second-order valence-electron chi connectivity index (χ2n) is 8.08. The Bertz CT molecular complexity index is 1130. The number of amidine groups is 1. The minimum Gasteiger partial charge on any atom is -0.497 e. The highest BCUT2D eigenvalue weighted by Crippen LogP contribution is 2.29. The van der Waals surface area contributed by atoms with Crippen LogP contribution in [0.25, 0.3) is 0 Å². The van der Waals surface area contributed by atoms with Gasteiger partial charge < -0.3 is 14.6 Å². The number of ether oxygens (including phenoxy) is 2. The number of amides is 3. The molecule has 2 heterocycles. The fourth-order valence-corrected chi connectivity index (χ4v) is 3.94. The maximum atomic E-state index is 12.3. The summed E-state index contributed by atoms with van der Waals surface area (Å²) in [7, 11) is 6.40. The molecule has 0 saturated carbocycles. The van der Waals surface area contributed by atoms with Crippen molar-refractivity contribution < 1.29 is 24.2 Å². The van der Waals surface area contributed by atoms with E-state index in [9.17, 15) is 14.7 Å². The maximum absolute atomic E-state index is 12.3. The van der Waals surface area contributed by atoms with Gasteiger partial charge in [-0.2, -0.15) is 0 Å². The standard InChI is InChI=1S/C24H27N5O5/c1-28-18(13-14-5-9-16(33-3)10-6-14)19(20(30)15-7-11-17(34-4)12-8-15)25-23(28)26-21-22(31)29(2)24(32)27-21/h5-12,18,20,23,30H,13H2,1-4H3,(H,26,27,32). The number of urea groups is 1. The lowest BCUT2D eigenvalue weighted by atomic mass is 9.94. The Morgan fingerprint density at radius 2 is 1.62 bits per heavy atom. The fraction of sp³-hybridized carbons (Fsp3) is 0.333. The van der Waals surface area contributed by atoms with Crippen LogP contribution in [0.1, 0.15) is 17.2 Å². The molecule has 0 radical (unpaired) electrons. The van der Waals surface area contributed by atoms with Gasteiger partial charge in [0.05, 0.1) is 26.0 Å². The van der Waals surface area contributed by atoms with Gasteiger partial charge in [-0.05, 0) is 48.9 Å². The summed E-state index contributed by atoms with van der Waals surface area (Å²) in [6.45, 7) is 0. The van der Waals surface area contributed by atoms with E-state index in [-0.39, 0.29) is 11.9 Å². The van der Waals surface area contributed by atoms with Crippen molar-refractivity contribution in [2.75, 3.05) is 28.3 Å². The van der Waals surface area contributed by atoms with Crippen molar-refractivity contribution >= 4 is 23.5 Å². The summed E-state index contributed by atoms with van der Waals surface area (Å²) in [5.41, 5.74) is 2.19. The number of likely N-dealkylation sites (N-methyl/N-ethyl adjacent to an activating group) is 2. The van der Waals surface area contributed by atoms with Gasteiger partial charge in [0.2, 0.25) is 0 Å². The van der Waals surface area contributed by atoms with Crippen LogP contribution in [-0.4, -0.2) is 79.0 Å². The Kier molecular flexibility index (Phi) is 6.62. The van der Waals surface area contributed by atoms with Gasteiger partial charge in [0.25, 0.3) is 5.91 Å². The zero-order chi connectivity index (χ0) is 24.4. The largest absolute Gasteiger partial charge is 0.497 e. The van der Waals surface area contributed by atoms with Crippen LogP contribution in [0, 0.1) is 0 Å². The van der Waals surface area contributed by atoms with Gasteiger partial charge in [0, 0.05) is 7.05 Å². The van der Waals surface area contributed by atoms with Gasteiger partial charge in [-0.1, -0.05) is 24.3 Å². The lowest BCUT2D eigenvalue weighted by Crippen LogP contribution is -2.40. The number of nitrogens with zero attached hydrogens (tertiary/aromatic N) is 4. The molecule has 0 aliphatic carbocycles. The van der Waals surface area contributed by atoms with Gasteiger partial charge in [0.15, 0.2) is 12.1 Å². The summed E-state index contributed by atoms with van der Waals surface area (Å²) in [6.07, 6.45) is -1.22. The summed E-state index contributed by atoms with van der Waals surface area (Å²) in [6, 6.07) is 13.9. The van der Waals surface area contributed by atoms with Crippen molar-refractivity contribution in [3.8, 4) is 11.5 Å². The highest BCUT2D eigenvalue weighted by atomic mass is 16.5. The molecule has 1 saturated heterocycles. The Labute approximate surface area is 197 Å². The molecule has 0 spiro atoms. The van der Waals surface area contributed by atoms with Crippen molar-refractivity contribution in [1.29, 1.82) is 0 Å². The first-order valence-electron chi connectivity index (χ1n) is 10.7. The molecular weight excluding hydrogens is 438 g/mol. The summed E-state index contributed by atoms with van der Waals surface area (Å²) < 4.78 is 10.5. The van der Waals surface area contributed by atoms with Crippen molar-refractivity contribution in [3.63, 3.8) is 0 Å². The summed E-state index contributed by atoms with van der Waals surface area (Å²) >= 11 is 0. The molecule has 3 atom stereocenters. The van der Waals surface area contributed by atoms with E-state index < -0.39 is 24.3 Å². The number of hydrogen-bond acceptors (Lipinski definition) is 8. The van der Waals surface area contributed by atoms with Gasteiger partial charge in [-0.15, -0.1) is 0 Å². The van der Waals surface area contributed by atoms with Crippen LogP contribution in [0.4, 0.5) is 4.79 Å². The minimum absolute atomic E-state index is 0.0727. The first-order chi connectivity index (χ1) is 16.3. The van der Waals surface area contributed by atoms with Crippen molar-refractivity contribution in [1.82, 2.24) is 15.1 Å². The number of aliphatic imine (C=N–C) groups is 2. The van der Waals surface area contributed by atoms with Crippen molar-refractivity contribution in [2.45, 2.75) is 24.9 Å². The predicted octanol–water partition coefficient (Wildman–Crippen LogP) is 1.60. The van der Waals surface area contributed by atoms with Gasteiger partial charge in [-0.25, -0.2) is 14.8 Å². The number of aliphatic hydroxyl groups excluding tert-OH is 1. The number of rotatable bonds is 7. The van der Waals surface area contributed by atoms with E-state index in [1.165, 1.54) is 7.05 Å². The molecule has 34 heavy (non-hydrogen) atoms. The van der Waals surface area contributed by atoms with E-state index in [4.69, 9.17) is 9.47 Å². The van der Waals surface area contributed by atoms with Gasteiger partial charge >= 0.3 is 6.03 Å². The monoisotopic (exact) mass is 465 g/mol. The summed E-state index contributed by atoms with van der Waals surface area (Å²) in [5.74, 6) is 0.834. The van der Waals surface area contributed by atoms with Gasteiger partial charge in [-0.3, -0.25) is 19.9 Å². The number of nitrogens with one attached hydrogen (secondary N) is 1. The third-order valence-corrected chi connectivity index (χ3v) is 6.04. The Hall–Kier alpha value is -3.76. The first kappa shape index (κ1) is 23.4. The molecule has 1 fully saturated rings. The average Bonchev–Trinajstić information content (AvgIpc) is 3.29. The third kappa shape index (κ3) is 4.50. The lowest BCUT2D eigenvalue weighted by Gasteiger charge is -2.26. The van der Waals surface area contributed by atoms with Crippen LogP contribution in [-0.2, 0) is 11.2 Å². The quantitative estimate of drug-likeness (QED) is 0.600. The zero-order valence-corrected chi connectivity index (χ0v) is 19.4. The van der Waals surface area contributed by atoms with E-state index in [0.717, 1.165) is 16.2 Å². The van der Waals surface area contributed by atoms with Gasteiger partial charge in [0.1, 0.15) is 17.6 Å². The molecule has 0 bridgehead atoms. The maximum Gasteiger partial charge on any atom is 0.329 e. The van der Waals surface area contributed by atoms with E-state index in [1.54, 1.807) is 38.5 Å². The molecule has 178 valence electrons. The van der Waals surface area contributed by atoms with E-state index in [1.807, 2.05) is 36.2 Å². The molecule has 3 amide bonds. The predicted molar refractivity (Wildman–Crippen MR) is 126 cm³/mol. The Morgan fingerprint density at radius 3 is 2.15 bits per heavy atom. The molecule has 2 N–H and O–H groups in total. The van der Waals surface area contributed by atoms with Crippen molar-refractivity contribution in [3.05, 3.63) is 59.7 Å². The molecule has 10 heteroatoms. The number of imide groups is 1. The fourth-order valence-electron chi connectivity index (χ4n) is 3.94. The van der Waals surface area contributed by atoms with E-state index in [0.29, 0.717) is 23.4 Å². The number of methoxy groups -OCH3 is 2. The molecule has 2 aliphatic heterocycles. The number of carbonyl (C=O) groups is 2. The number of benzene rings is 2. The SMILES string of the molecule is COc1ccc(CC2C(C(O)c3ccc(OC)cc3)=NC(N=C3NC(=O)N(C)C3=O)N2C)cc1. The van der Waals surface area contributed by atoms with Crippen LogP contribution in [0.15, 0.2) is 58.5 Å². The lowest BCUT2D eigenvalue weighted by molar-refractivity contribution is -0.119.